The molecule has 1 aromatic carbocycles. The van der Waals surface area contributed by atoms with Gasteiger partial charge in [0.25, 0.3) is 5.56 Å². The molecule has 0 amide bonds. The summed E-state index contributed by atoms with van der Waals surface area (Å²) in [5.41, 5.74) is 0.261. The van der Waals surface area contributed by atoms with Crippen LogP contribution in [0.4, 0.5) is 0 Å². The lowest BCUT2D eigenvalue weighted by Gasteiger charge is -2.11. The van der Waals surface area contributed by atoms with E-state index in [0.717, 1.165) is 10.1 Å². The average Bonchev–Trinajstić information content (AvgIpc) is 2.59. The maximum atomic E-state index is 12.5. The van der Waals surface area contributed by atoms with Crippen molar-refractivity contribution in [3.05, 3.63) is 69.0 Å². The van der Waals surface area contributed by atoms with E-state index >= 15 is 0 Å². The summed E-state index contributed by atoms with van der Waals surface area (Å²) in [6.07, 6.45) is 2.97. The summed E-state index contributed by atoms with van der Waals surface area (Å²) in [6, 6.07) is 7.05. The first kappa shape index (κ1) is 16.1. The van der Waals surface area contributed by atoms with Crippen LogP contribution in [0, 0.1) is 0 Å². The molecule has 7 heteroatoms. The second-order valence-corrected chi connectivity index (χ2v) is 5.61. The summed E-state index contributed by atoms with van der Waals surface area (Å²) in [4.78, 5) is 33.7. The molecular formula is C17H15ClN4O2. The Kier molecular flexibility index (Phi) is 4.31. The smallest absolute Gasteiger partial charge is 0.277 e. The van der Waals surface area contributed by atoms with Crippen molar-refractivity contribution >= 4 is 22.6 Å². The Balaban J connectivity index is 2.32. The van der Waals surface area contributed by atoms with Crippen molar-refractivity contribution in [3.63, 3.8) is 0 Å². The third-order valence-corrected chi connectivity index (χ3v) is 3.94. The first-order chi connectivity index (χ1) is 11.6. The largest absolute Gasteiger partial charge is 0.332 e. The van der Waals surface area contributed by atoms with Crippen molar-refractivity contribution in [2.24, 2.45) is 0 Å². The van der Waals surface area contributed by atoms with Gasteiger partial charge >= 0.3 is 5.69 Å². The van der Waals surface area contributed by atoms with Crippen molar-refractivity contribution < 1.29 is 0 Å². The van der Waals surface area contributed by atoms with Gasteiger partial charge in [-0.2, -0.15) is 0 Å². The number of aryl methyl sites for hydroxylation is 1. The lowest BCUT2D eigenvalue weighted by atomic mass is 10.2. The summed E-state index contributed by atoms with van der Waals surface area (Å²) in [7, 11) is 0. The number of hydrogen-bond donors (Lipinski definition) is 0. The summed E-state index contributed by atoms with van der Waals surface area (Å²) in [5.74, 6) is 0.432. The number of fused-ring (bicyclic) bond motifs is 1. The number of rotatable bonds is 4. The second kappa shape index (κ2) is 6.41. The van der Waals surface area contributed by atoms with Crippen LogP contribution in [-0.2, 0) is 13.1 Å². The van der Waals surface area contributed by atoms with Gasteiger partial charge in [-0.3, -0.25) is 13.9 Å². The van der Waals surface area contributed by atoms with Crippen LogP contribution in [-0.4, -0.2) is 19.1 Å². The van der Waals surface area contributed by atoms with Crippen molar-refractivity contribution in [1.29, 1.82) is 0 Å². The Bertz CT molecular complexity index is 1040. The van der Waals surface area contributed by atoms with E-state index in [1.165, 1.54) is 16.8 Å². The summed E-state index contributed by atoms with van der Waals surface area (Å²) >= 11 is 5.89. The number of hydrogen-bond acceptors (Lipinski definition) is 4. The standard InChI is InChI=1S/C17H15ClN4O2/c1-3-9-22-16(23)13-10-19-14(11-5-7-12(18)8-6-11)20-15(13)21(4-2)17(22)24/h3,5-8,10H,1,4,9H2,2H3. The zero-order valence-corrected chi connectivity index (χ0v) is 13.8. The van der Waals surface area contributed by atoms with E-state index in [9.17, 15) is 9.59 Å². The molecule has 0 bridgehead atoms. The highest BCUT2D eigenvalue weighted by atomic mass is 35.5. The molecule has 3 aromatic rings. The van der Waals surface area contributed by atoms with E-state index in [1.807, 2.05) is 6.92 Å². The molecule has 0 radical (unpaired) electrons. The molecule has 0 atom stereocenters. The zero-order chi connectivity index (χ0) is 17.3. The minimum Gasteiger partial charge on any atom is -0.277 e. The number of benzene rings is 1. The Morgan fingerprint density at radius 1 is 1.21 bits per heavy atom. The first-order valence-corrected chi connectivity index (χ1v) is 7.81. The Labute approximate surface area is 142 Å². The molecule has 0 saturated carbocycles. The van der Waals surface area contributed by atoms with E-state index < -0.39 is 11.2 Å². The molecule has 0 unspecified atom stereocenters. The number of nitrogens with zero attached hydrogens (tertiary/aromatic N) is 4. The van der Waals surface area contributed by atoms with Gasteiger partial charge in [-0.1, -0.05) is 17.7 Å². The van der Waals surface area contributed by atoms with Crippen LogP contribution in [0.2, 0.25) is 5.02 Å². The van der Waals surface area contributed by atoms with Crippen LogP contribution >= 0.6 is 11.6 Å². The van der Waals surface area contributed by atoms with Crippen molar-refractivity contribution in [2.75, 3.05) is 0 Å². The first-order valence-electron chi connectivity index (χ1n) is 7.44. The van der Waals surface area contributed by atoms with Gasteiger partial charge in [0.05, 0.1) is 0 Å². The van der Waals surface area contributed by atoms with Gasteiger partial charge in [-0.25, -0.2) is 14.8 Å². The molecule has 24 heavy (non-hydrogen) atoms. The van der Waals surface area contributed by atoms with Crippen LogP contribution in [0.15, 0.2) is 52.7 Å². The highest BCUT2D eigenvalue weighted by Crippen LogP contribution is 2.19. The number of allylic oxidation sites excluding steroid dienone is 1. The average molecular weight is 343 g/mol. The molecule has 0 saturated heterocycles. The van der Waals surface area contributed by atoms with E-state index in [0.29, 0.717) is 28.4 Å². The van der Waals surface area contributed by atoms with Crippen molar-refractivity contribution in [3.8, 4) is 11.4 Å². The molecule has 2 heterocycles. The fraction of sp³-hybridized carbons (Fsp3) is 0.176. The van der Waals surface area contributed by atoms with Gasteiger partial charge in [-0.05, 0) is 31.2 Å². The van der Waals surface area contributed by atoms with E-state index in [-0.39, 0.29) is 6.54 Å². The summed E-state index contributed by atoms with van der Waals surface area (Å²) in [6.45, 7) is 5.95. The lowest BCUT2D eigenvalue weighted by molar-refractivity contribution is 0.625. The maximum Gasteiger partial charge on any atom is 0.332 e. The second-order valence-electron chi connectivity index (χ2n) is 5.17. The van der Waals surface area contributed by atoms with Gasteiger partial charge in [0.2, 0.25) is 0 Å². The Hall–Kier alpha value is -2.73. The number of aromatic nitrogens is 4. The SMILES string of the molecule is C=CCn1c(=O)c2cnc(-c3ccc(Cl)cc3)nc2n(CC)c1=O. The van der Waals surface area contributed by atoms with E-state index in [1.54, 1.807) is 24.3 Å². The normalized spacial score (nSPS) is 10.9. The quantitative estimate of drug-likeness (QED) is 0.683. The zero-order valence-electron chi connectivity index (χ0n) is 13.1. The Morgan fingerprint density at radius 3 is 2.54 bits per heavy atom. The molecule has 2 aromatic heterocycles. The lowest BCUT2D eigenvalue weighted by Crippen LogP contribution is -2.40. The molecule has 6 nitrogen and oxygen atoms in total. The molecular weight excluding hydrogens is 328 g/mol. The topological polar surface area (TPSA) is 69.8 Å². The van der Waals surface area contributed by atoms with Crippen LogP contribution in [0.3, 0.4) is 0 Å². The molecule has 0 aliphatic rings. The minimum absolute atomic E-state index is 0.145. The van der Waals surface area contributed by atoms with Crippen molar-refractivity contribution in [2.45, 2.75) is 20.0 Å². The molecule has 0 fully saturated rings. The third-order valence-electron chi connectivity index (χ3n) is 3.69. The fourth-order valence-electron chi connectivity index (χ4n) is 2.51. The van der Waals surface area contributed by atoms with Crippen LogP contribution < -0.4 is 11.2 Å². The van der Waals surface area contributed by atoms with Gasteiger partial charge in [0.1, 0.15) is 5.39 Å². The minimum atomic E-state index is -0.415. The Morgan fingerprint density at radius 2 is 1.92 bits per heavy atom. The van der Waals surface area contributed by atoms with Gasteiger partial charge in [-0.15, -0.1) is 6.58 Å². The molecule has 0 aliphatic carbocycles. The van der Waals surface area contributed by atoms with Gasteiger partial charge in [0.15, 0.2) is 11.5 Å². The maximum absolute atomic E-state index is 12.5. The molecule has 0 N–H and O–H groups in total. The molecule has 3 rings (SSSR count). The third kappa shape index (κ3) is 2.65. The van der Waals surface area contributed by atoms with Gasteiger partial charge < -0.3 is 0 Å². The molecule has 0 spiro atoms. The van der Waals surface area contributed by atoms with Crippen LogP contribution in [0.1, 0.15) is 6.92 Å². The van der Waals surface area contributed by atoms with Crippen molar-refractivity contribution in [1.82, 2.24) is 19.1 Å². The van der Waals surface area contributed by atoms with Crippen LogP contribution in [0.5, 0.6) is 0 Å². The van der Waals surface area contributed by atoms with Crippen LogP contribution in [0.25, 0.3) is 22.4 Å². The highest BCUT2D eigenvalue weighted by molar-refractivity contribution is 6.30. The van der Waals surface area contributed by atoms with E-state index in [4.69, 9.17) is 11.6 Å². The number of halogens is 1. The summed E-state index contributed by atoms with van der Waals surface area (Å²) < 4.78 is 2.59. The van der Waals surface area contributed by atoms with E-state index in [2.05, 4.69) is 16.5 Å². The predicted molar refractivity (Wildman–Crippen MR) is 94.4 cm³/mol. The predicted octanol–water partition coefficient (Wildman–Crippen LogP) is 2.48. The highest BCUT2D eigenvalue weighted by Gasteiger charge is 2.14. The van der Waals surface area contributed by atoms with Gasteiger partial charge in [0, 0.05) is 29.9 Å². The molecule has 0 aliphatic heterocycles. The molecule has 122 valence electrons. The summed E-state index contributed by atoms with van der Waals surface area (Å²) in [5, 5.41) is 0.910. The monoisotopic (exact) mass is 342 g/mol. The fourth-order valence-corrected chi connectivity index (χ4v) is 2.64.